The van der Waals surface area contributed by atoms with Crippen LogP contribution in [0.15, 0.2) is 66.7 Å². The summed E-state index contributed by atoms with van der Waals surface area (Å²) in [7, 11) is 0. The van der Waals surface area contributed by atoms with E-state index < -0.39 is 11.0 Å². The van der Waals surface area contributed by atoms with Crippen LogP contribution in [0.4, 0.5) is 10.5 Å². The number of nitrogens with zero attached hydrogens (tertiary/aromatic N) is 1. The smallest absolute Gasteiger partial charge is 0.407 e. The molecular weight excluding hydrogens is 450 g/mol. The number of hydrogen-bond acceptors (Lipinski definition) is 7. The van der Waals surface area contributed by atoms with E-state index in [0.717, 1.165) is 11.5 Å². The van der Waals surface area contributed by atoms with Crippen molar-refractivity contribution in [2.45, 2.75) is 26.5 Å². The van der Waals surface area contributed by atoms with E-state index in [1.165, 1.54) is 49.8 Å². The molecule has 1 heterocycles. The molecule has 0 bridgehead atoms. The molecule has 9 nitrogen and oxygen atoms in total. The number of amides is 1. The van der Waals surface area contributed by atoms with Gasteiger partial charge in [-0.2, -0.15) is 0 Å². The number of alkyl carbamates (subject to hydrolysis) is 1. The molecule has 35 heavy (non-hydrogen) atoms. The fraction of sp³-hybridized carbons (Fsp3) is 0.269. The highest BCUT2D eigenvalue weighted by Gasteiger charge is 2.12. The van der Waals surface area contributed by atoms with Crippen LogP contribution in [0.3, 0.4) is 0 Å². The molecule has 3 aromatic rings. The van der Waals surface area contributed by atoms with Gasteiger partial charge in [-0.1, -0.05) is 37.3 Å². The third-order valence-electron chi connectivity index (χ3n) is 5.53. The molecule has 1 aliphatic heterocycles. The van der Waals surface area contributed by atoms with Crippen molar-refractivity contribution in [3.63, 3.8) is 0 Å². The summed E-state index contributed by atoms with van der Waals surface area (Å²) < 4.78 is 5.08. The molecule has 0 saturated carbocycles. The fourth-order valence-electron chi connectivity index (χ4n) is 3.49. The van der Waals surface area contributed by atoms with Crippen molar-refractivity contribution in [2.75, 3.05) is 13.1 Å². The van der Waals surface area contributed by atoms with Crippen molar-refractivity contribution < 1.29 is 24.7 Å². The molecule has 1 aliphatic rings. The molecule has 3 aromatic carbocycles. The van der Waals surface area contributed by atoms with Gasteiger partial charge in [0.15, 0.2) is 0 Å². The minimum atomic E-state index is -0.711. The summed E-state index contributed by atoms with van der Waals surface area (Å²) in [5.74, 6) is 0.709. The lowest BCUT2D eigenvalue weighted by atomic mass is 10.0. The zero-order chi connectivity index (χ0) is 25.2. The van der Waals surface area contributed by atoms with Gasteiger partial charge >= 0.3 is 6.09 Å². The first-order valence-corrected chi connectivity index (χ1v) is 11.3. The molecule has 0 aliphatic carbocycles. The van der Waals surface area contributed by atoms with Gasteiger partial charge in [-0.25, -0.2) is 4.79 Å². The van der Waals surface area contributed by atoms with Crippen molar-refractivity contribution in [1.82, 2.24) is 10.6 Å². The van der Waals surface area contributed by atoms with E-state index in [1.807, 2.05) is 30.3 Å². The number of phenolic OH excluding ortho intramolecular Hbond substituents is 2. The molecular formula is C26H29N3O6. The summed E-state index contributed by atoms with van der Waals surface area (Å²) in [6.07, 6.45) is 0.664. The van der Waals surface area contributed by atoms with Crippen molar-refractivity contribution in [2.24, 2.45) is 5.92 Å². The Labute approximate surface area is 203 Å². The first-order valence-electron chi connectivity index (χ1n) is 11.3. The molecule has 1 fully saturated rings. The number of benzene rings is 3. The number of non-ortho nitro benzene ring substituents is 1. The number of aromatic hydroxyl groups is 2. The quantitative estimate of drug-likeness (QED) is 0.297. The SMILES string of the molecule is CC1CCNC1.O=C(NCc1cc(-c2ccccc2)c(O)cc1O)OCc1ccc([N+](=O)[O-])cc1. The molecule has 1 unspecified atom stereocenters. The van der Waals surface area contributed by atoms with E-state index in [4.69, 9.17) is 4.74 Å². The van der Waals surface area contributed by atoms with E-state index in [2.05, 4.69) is 17.6 Å². The van der Waals surface area contributed by atoms with Gasteiger partial charge in [-0.3, -0.25) is 10.1 Å². The lowest BCUT2D eigenvalue weighted by molar-refractivity contribution is -0.384. The first kappa shape index (κ1) is 25.5. The highest BCUT2D eigenvalue weighted by Crippen LogP contribution is 2.34. The second-order valence-corrected chi connectivity index (χ2v) is 8.32. The highest BCUT2D eigenvalue weighted by atomic mass is 16.6. The van der Waals surface area contributed by atoms with Crippen LogP contribution in [0.1, 0.15) is 24.5 Å². The Kier molecular flexibility index (Phi) is 9.02. The van der Waals surface area contributed by atoms with E-state index in [-0.39, 0.29) is 30.3 Å². The molecule has 4 N–H and O–H groups in total. The molecule has 4 rings (SSSR count). The van der Waals surface area contributed by atoms with Crippen molar-refractivity contribution in [1.29, 1.82) is 0 Å². The van der Waals surface area contributed by atoms with Gasteiger partial charge in [0.25, 0.3) is 5.69 Å². The maximum Gasteiger partial charge on any atom is 0.407 e. The van der Waals surface area contributed by atoms with Crippen LogP contribution in [0.25, 0.3) is 11.1 Å². The Balaban J connectivity index is 0.000000497. The van der Waals surface area contributed by atoms with Crippen LogP contribution in [0, 0.1) is 16.0 Å². The van der Waals surface area contributed by atoms with Crippen molar-refractivity contribution in [3.8, 4) is 22.6 Å². The third kappa shape index (κ3) is 7.72. The number of nitrogens with one attached hydrogen (secondary N) is 2. The molecule has 0 spiro atoms. The Morgan fingerprint density at radius 3 is 2.40 bits per heavy atom. The maximum absolute atomic E-state index is 11.9. The zero-order valence-electron chi connectivity index (χ0n) is 19.4. The molecule has 184 valence electrons. The minimum Gasteiger partial charge on any atom is -0.507 e. The summed E-state index contributed by atoms with van der Waals surface area (Å²) in [5, 5.41) is 36.6. The normalized spacial score (nSPS) is 14.5. The number of ether oxygens (including phenoxy) is 1. The van der Waals surface area contributed by atoms with Crippen molar-refractivity contribution in [3.05, 3.63) is 88.0 Å². The van der Waals surface area contributed by atoms with Gasteiger partial charge in [0.05, 0.1) is 4.92 Å². The lowest BCUT2D eigenvalue weighted by Crippen LogP contribution is -2.23. The number of rotatable bonds is 6. The average molecular weight is 480 g/mol. The van der Waals surface area contributed by atoms with E-state index in [1.54, 1.807) is 6.07 Å². The van der Waals surface area contributed by atoms with Gasteiger partial charge in [-0.05, 0) is 54.8 Å². The second-order valence-electron chi connectivity index (χ2n) is 8.32. The summed E-state index contributed by atoms with van der Waals surface area (Å²) in [6.45, 7) is 4.69. The summed E-state index contributed by atoms with van der Waals surface area (Å²) in [6, 6.07) is 17.6. The maximum atomic E-state index is 11.9. The number of nitro groups is 1. The molecule has 9 heteroatoms. The van der Waals surface area contributed by atoms with Crippen LogP contribution in [0.5, 0.6) is 11.5 Å². The standard InChI is InChI=1S/C21H18N2O6.C5H11N/c24-19-11-20(25)18(15-4-2-1-3-5-15)10-16(19)12-22-21(26)29-13-14-6-8-17(9-7-14)23(27)28;1-5-2-3-6-4-5/h1-11,24-25H,12-13H2,(H,22,26);5-6H,2-4H2,1H3. The highest BCUT2D eigenvalue weighted by molar-refractivity contribution is 5.73. The Bertz CT molecular complexity index is 1130. The average Bonchev–Trinajstić information content (AvgIpc) is 3.34. The van der Waals surface area contributed by atoms with Crippen molar-refractivity contribution >= 4 is 11.8 Å². The predicted octanol–water partition coefficient (Wildman–Crippen LogP) is 4.72. The van der Waals surface area contributed by atoms with Gasteiger partial charge < -0.3 is 25.6 Å². The van der Waals surface area contributed by atoms with Crippen LogP contribution < -0.4 is 10.6 Å². The van der Waals surface area contributed by atoms with Gasteiger partial charge in [0.1, 0.15) is 18.1 Å². The zero-order valence-corrected chi connectivity index (χ0v) is 19.4. The predicted molar refractivity (Wildman–Crippen MR) is 132 cm³/mol. The van der Waals surface area contributed by atoms with E-state index in [0.29, 0.717) is 16.7 Å². The minimum absolute atomic E-state index is 0.00889. The fourth-order valence-corrected chi connectivity index (χ4v) is 3.49. The van der Waals surface area contributed by atoms with Gasteiger partial charge in [-0.15, -0.1) is 0 Å². The summed E-state index contributed by atoms with van der Waals surface area (Å²) >= 11 is 0. The van der Waals surface area contributed by atoms with Crippen LogP contribution in [0.2, 0.25) is 0 Å². The number of carbonyl (C=O) groups excluding carboxylic acids is 1. The summed E-state index contributed by atoms with van der Waals surface area (Å²) in [4.78, 5) is 22.1. The Morgan fingerprint density at radius 2 is 1.83 bits per heavy atom. The number of phenols is 2. The Morgan fingerprint density at radius 1 is 1.11 bits per heavy atom. The van der Waals surface area contributed by atoms with E-state index in [9.17, 15) is 25.1 Å². The topological polar surface area (TPSA) is 134 Å². The number of nitro benzene ring substituents is 1. The number of hydrogen-bond donors (Lipinski definition) is 4. The number of carbonyl (C=O) groups is 1. The molecule has 1 saturated heterocycles. The van der Waals surface area contributed by atoms with Gasteiger partial charge in [0, 0.05) is 35.9 Å². The molecule has 0 radical (unpaired) electrons. The second kappa shape index (κ2) is 12.4. The lowest BCUT2D eigenvalue weighted by Gasteiger charge is -2.12. The van der Waals surface area contributed by atoms with Gasteiger partial charge in [0.2, 0.25) is 0 Å². The third-order valence-corrected chi connectivity index (χ3v) is 5.53. The van der Waals surface area contributed by atoms with E-state index >= 15 is 0 Å². The largest absolute Gasteiger partial charge is 0.507 e. The van der Waals surface area contributed by atoms with Crippen LogP contribution >= 0.6 is 0 Å². The van der Waals surface area contributed by atoms with Crippen LogP contribution in [-0.2, 0) is 17.9 Å². The molecule has 0 aromatic heterocycles. The van der Waals surface area contributed by atoms with Crippen LogP contribution in [-0.4, -0.2) is 34.3 Å². The molecule has 1 amide bonds. The Hall–Kier alpha value is -4.11. The molecule has 1 atom stereocenters. The monoisotopic (exact) mass is 479 g/mol. The first-order chi connectivity index (χ1) is 16.8. The summed E-state index contributed by atoms with van der Waals surface area (Å²) in [5.41, 5.74) is 2.26.